The van der Waals surface area contributed by atoms with E-state index >= 15 is 0 Å². The van der Waals surface area contributed by atoms with E-state index in [0.717, 1.165) is 12.1 Å². The number of para-hydroxylation sites is 1. The average Bonchev–Trinajstić information content (AvgIpc) is 2.77. The van der Waals surface area contributed by atoms with Crippen LogP contribution in [0, 0.1) is 0 Å². The van der Waals surface area contributed by atoms with Crippen molar-refractivity contribution in [1.29, 1.82) is 0 Å². The number of hydrogen-bond donors (Lipinski definition) is 1. The van der Waals surface area contributed by atoms with Crippen LogP contribution in [0.25, 0.3) is 0 Å². The van der Waals surface area contributed by atoms with Crippen LogP contribution in [0.3, 0.4) is 0 Å². The predicted molar refractivity (Wildman–Crippen MR) is 70.8 cm³/mol. The van der Waals surface area contributed by atoms with Gasteiger partial charge in [-0.05, 0) is 40.2 Å². The van der Waals surface area contributed by atoms with E-state index in [9.17, 15) is 18.0 Å². The zero-order valence-corrected chi connectivity index (χ0v) is 11.9. The van der Waals surface area contributed by atoms with Crippen LogP contribution in [0.15, 0.2) is 39.4 Å². The molecule has 0 saturated carbocycles. The fourth-order valence-corrected chi connectivity index (χ4v) is 2.03. The Balaban J connectivity index is 2.36. The van der Waals surface area contributed by atoms with Gasteiger partial charge in [0.05, 0.1) is 16.3 Å². The highest BCUT2D eigenvalue weighted by molar-refractivity contribution is 9.10. The Hall–Kier alpha value is -1.47. The van der Waals surface area contributed by atoms with Gasteiger partial charge in [-0.15, -0.1) is 0 Å². The third-order valence-corrected chi connectivity index (χ3v) is 3.10. The smallest absolute Gasteiger partial charge is 0.418 e. The molecule has 1 N–H and O–H groups in total. The van der Waals surface area contributed by atoms with Gasteiger partial charge in [0.2, 0.25) is 0 Å². The van der Waals surface area contributed by atoms with Crippen molar-refractivity contribution in [2.24, 2.45) is 0 Å². The normalized spacial score (nSPS) is 11.4. The Labute approximate surface area is 124 Å². The van der Waals surface area contributed by atoms with Crippen LogP contribution in [0.1, 0.15) is 16.1 Å². The summed E-state index contributed by atoms with van der Waals surface area (Å²) >= 11 is 8.71. The molecule has 2 aromatic rings. The summed E-state index contributed by atoms with van der Waals surface area (Å²) in [5, 5.41) is 1.90. The monoisotopic (exact) mass is 367 g/mol. The second kappa shape index (κ2) is 5.49. The molecule has 8 heteroatoms. The molecule has 0 saturated heterocycles. The lowest BCUT2D eigenvalue weighted by Crippen LogP contribution is -2.16. The molecule has 3 nitrogen and oxygen atoms in total. The van der Waals surface area contributed by atoms with E-state index in [1.807, 2.05) is 0 Å². The predicted octanol–water partition coefficient (Wildman–Crippen LogP) is 4.97. The van der Waals surface area contributed by atoms with Crippen molar-refractivity contribution in [1.82, 2.24) is 0 Å². The molecule has 20 heavy (non-hydrogen) atoms. The molecular formula is C12H6BrClF3NO2. The molecule has 0 aliphatic heterocycles. The highest BCUT2D eigenvalue weighted by Crippen LogP contribution is 2.38. The Morgan fingerprint density at radius 1 is 1.25 bits per heavy atom. The Morgan fingerprint density at radius 2 is 1.95 bits per heavy atom. The summed E-state index contributed by atoms with van der Waals surface area (Å²) in [6.07, 6.45) is -4.63. The lowest BCUT2D eigenvalue weighted by atomic mass is 10.1. The number of benzene rings is 1. The summed E-state index contributed by atoms with van der Waals surface area (Å²) in [6, 6.07) is 6.02. The third kappa shape index (κ3) is 3.16. The lowest BCUT2D eigenvalue weighted by molar-refractivity contribution is -0.136. The molecule has 0 fully saturated rings. The van der Waals surface area contributed by atoms with Gasteiger partial charge in [-0.2, -0.15) is 13.2 Å². The van der Waals surface area contributed by atoms with Crippen molar-refractivity contribution in [3.63, 3.8) is 0 Å². The number of hydrogen-bond acceptors (Lipinski definition) is 2. The molecule has 0 bridgehead atoms. The van der Waals surface area contributed by atoms with Crippen LogP contribution in [-0.4, -0.2) is 5.91 Å². The standard InChI is InChI=1S/C12H6BrClF3NO2/c13-9-5-4-8(20-9)11(19)18-10-6(12(15,16)17)2-1-3-7(10)14/h1-5H,(H,18,19). The topological polar surface area (TPSA) is 42.2 Å². The first-order valence-corrected chi connectivity index (χ1v) is 6.38. The zero-order valence-electron chi connectivity index (χ0n) is 9.59. The minimum atomic E-state index is -4.63. The van der Waals surface area contributed by atoms with E-state index in [-0.39, 0.29) is 15.5 Å². The maximum absolute atomic E-state index is 12.8. The molecule has 0 radical (unpaired) electrons. The number of alkyl halides is 3. The van der Waals surface area contributed by atoms with Crippen LogP contribution >= 0.6 is 27.5 Å². The number of rotatable bonds is 2. The van der Waals surface area contributed by atoms with Crippen molar-refractivity contribution in [2.45, 2.75) is 6.18 Å². The molecule has 0 unspecified atom stereocenters. The summed E-state index contributed by atoms with van der Waals surface area (Å²) in [4.78, 5) is 11.8. The first kappa shape index (κ1) is 14.9. The third-order valence-electron chi connectivity index (χ3n) is 2.35. The molecule has 2 rings (SSSR count). The summed E-state index contributed by atoms with van der Waals surface area (Å²) in [7, 11) is 0. The highest BCUT2D eigenvalue weighted by Gasteiger charge is 2.35. The van der Waals surface area contributed by atoms with Gasteiger partial charge in [-0.1, -0.05) is 17.7 Å². The highest BCUT2D eigenvalue weighted by atomic mass is 79.9. The number of furan rings is 1. The average molecular weight is 369 g/mol. The van der Waals surface area contributed by atoms with E-state index in [0.29, 0.717) is 0 Å². The molecule has 1 aromatic carbocycles. The van der Waals surface area contributed by atoms with Crippen LogP contribution in [0.2, 0.25) is 5.02 Å². The van der Waals surface area contributed by atoms with Gasteiger partial charge in [0.25, 0.3) is 5.91 Å². The van der Waals surface area contributed by atoms with Crippen molar-refractivity contribution >= 4 is 39.1 Å². The maximum Gasteiger partial charge on any atom is 0.418 e. The van der Waals surface area contributed by atoms with Gasteiger partial charge in [0.15, 0.2) is 10.4 Å². The van der Waals surface area contributed by atoms with E-state index in [1.54, 1.807) is 0 Å². The van der Waals surface area contributed by atoms with E-state index in [4.69, 9.17) is 16.0 Å². The molecule has 0 aliphatic carbocycles. The molecule has 1 amide bonds. The number of anilines is 1. The minimum Gasteiger partial charge on any atom is -0.444 e. The molecule has 0 spiro atoms. The molecule has 0 atom stereocenters. The molecule has 106 valence electrons. The van der Waals surface area contributed by atoms with Crippen molar-refractivity contribution in [3.8, 4) is 0 Å². The van der Waals surface area contributed by atoms with Crippen LogP contribution < -0.4 is 5.32 Å². The Bertz CT molecular complexity index is 654. The summed E-state index contributed by atoms with van der Waals surface area (Å²) in [5.41, 5.74) is -1.52. The molecular weight excluding hydrogens is 362 g/mol. The quantitative estimate of drug-likeness (QED) is 0.813. The van der Waals surface area contributed by atoms with Gasteiger partial charge in [0.1, 0.15) is 0 Å². The van der Waals surface area contributed by atoms with Gasteiger partial charge < -0.3 is 9.73 Å². The molecule has 0 aliphatic rings. The Morgan fingerprint density at radius 3 is 2.50 bits per heavy atom. The minimum absolute atomic E-state index is 0.134. The largest absolute Gasteiger partial charge is 0.444 e. The van der Waals surface area contributed by atoms with E-state index < -0.39 is 23.3 Å². The van der Waals surface area contributed by atoms with Gasteiger partial charge in [0, 0.05) is 0 Å². The van der Waals surface area contributed by atoms with Crippen LogP contribution in [-0.2, 0) is 6.18 Å². The zero-order chi connectivity index (χ0) is 14.9. The molecule has 1 aromatic heterocycles. The summed E-state index contributed by atoms with van der Waals surface area (Å²) < 4.78 is 43.8. The number of amides is 1. The van der Waals surface area contributed by atoms with Gasteiger partial charge in [-0.25, -0.2) is 0 Å². The second-order valence-corrected chi connectivity index (χ2v) is 4.91. The van der Waals surface area contributed by atoms with E-state index in [2.05, 4.69) is 21.2 Å². The molecule has 1 heterocycles. The number of halogens is 5. The van der Waals surface area contributed by atoms with Crippen LogP contribution in [0.5, 0.6) is 0 Å². The van der Waals surface area contributed by atoms with Crippen LogP contribution in [0.4, 0.5) is 18.9 Å². The van der Waals surface area contributed by atoms with Crippen molar-refractivity contribution in [3.05, 3.63) is 51.3 Å². The maximum atomic E-state index is 12.8. The first-order valence-electron chi connectivity index (χ1n) is 5.21. The number of carbonyl (C=O) groups is 1. The van der Waals surface area contributed by atoms with E-state index in [1.165, 1.54) is 18.2 Å². The van der Waals surface area contributed by atoms with Crippen molar-refractivity contribution in [2.75, 3.05) is 5.32 Å². The fraction of sp³-hybridized carbons (Fsp3) is 0.0833. The Kier molecular flexibility index (Phi) is 4.10. The first-order chi connectivity index (χ1) is 9.29. The number of nitrogens with one attached hydrogen (secondary N) is 1. The van der Waals surface area contributed by atoms with Crippen molar-refractivity contribution < 1.29 is 22.4 Å². The summed E-state index contributed by atoms with van der Waals surface area (Å²) in [6.45, 7) is 0. The van der Waals surface area contributed by atoms with Gasteiger partial charge in [-0.3, -0.25) is 4.79 Å². The van der Waals surface area contributed by atoms with Gasteiger partial charge >= 0.3 is 6.18 Å². The summed E-state index contributed by atoms with van der Waals surface area (Å²) in [5.74, 6) is -0.959. The lowest BCUT2D eigenvalue weighted by Gasteiger charge is -2.14. The fourth-order valence-electron chi connectivity index (χ4n) is 1.50. The number of carbonyl (C=O) groups excluding carboxylic acids is 1. The second-order valence-electron chi connectivity index (χ2n) is 3.72. The SMILES string of the molecule is O=C(Nc1c(Cl)cccc1C(F)(F)F)c1ccc(Br)o1.